The van der Waals surface area contributed by atoms with Crippen LogP contribution < -0.4 is 11.1 Å². The SMILES string of the molecule is CCCC(C(=O)NC(C)CCc1ccco1)C(N)=NO. The molecule has 1 heterocycles. The average molecular weight is 281 g/mol. The quantitative estimate of drug-likeness (QED) is 0.293. The molecule has 0 bridgehead atoms. The van der Waals surface area contributed by atoms with E-state index >= 15 is 0 Å². The number of amides is 1. The molecule has 1 aromatic rings. The molecule has 0 aliphatic carbocycles. The number of carbonyl (C=O) groups excluding carboxylic acids is 1. The van der Waals surface area contributed by atoms with Gasteiger partial charge in [-0.2, -0.15) is 0 Å². The average Bonchev–Trinajstić information content (AvgIpc) is 2.94. The molecule has 6 nitrogen and oxygen atoms in total. The Morgan fingerprint density at radius 2 is 2.30 bits per heavy atom. The van der Waals surface area contributed by atoms with E-state index < -0.39 is 5.92 Å². The van der Waals surface area contributed by atoms with Crippen LogP contribution in [-0.2, 0) is 11.2 Å². The highest BCUT2D eigenvalue weighted by atomic mass is 16.4. The van der Waals surface area contributed by atoms with Crippen molar-refractivity contribution in [2.24, 2.45) is 16.8 Å². The van der Waals surface area contributed by atoms with Crippen LogP contribution in [0, 0.1) is 5.92 Å². The topological polar surface area (TPSA) is 101 Å². The van der Waals surface area contributed by atoms with Crippen molar-refractivity contribution in [3.63, 3.8) is 0 Å². The Morgan fingerprint density at radius 1 is 1.55 bits per heavy atom. The summed E-state index contributed by atoms with van der Waals surface area (Å²) in [6.45, 7) is 3.88. The zero-order valence-electron chi connectivity index (χ0n) is 12.0. The number of rotatable bonds is 8. The van der Waals surface area contributed by atoms with Crippen LogP contribution in [0.3, 0.4) is 0 Å². The minimum Gasteiger partial charge on any atom is -0.469 e. The van der Waals surface area contributed by atoms with Crippen LogP contribution in [0.2, 0.25) is 0 Å². The van der Waals surface area contributed by atoms with E-state index in [0.717, 1.165) is 25.0 Å². The van der Waals surface area contributed by atoms with E-state index in [1.165, 1.54) is 0 Å². The standard InChI is InChI=1S/C14H23N3O3/c1-3-5-12(13(15)17-19)14(18)16-10(2)7-8-11-6-4-9-20-11/h4,6,9-10,12,19H,3,5,7-8H2,1-2H3,(H2,15,17)(H,16,18). The predicted molar refractivity (Wildman–Crippen MR) is 76.4 cm³/mol. The Kier molecular flexibility index (Phi) is 6.63. The fraction of sp³-hybridized carbons (Fsp3) is 0.571. The molecule has 0 fully saturated rings. The largest absolute Gasteiger partial charge is 0.469 e. The summed E-state index contributed by atoms with van der Waals surface area (Å²) < 4.78 is 5.25. The molecule has 0 spiro atoms. The summed E-state index contributed by atoms with van der Waals surface area (Å²) in [7, 11) is 0. The van der Waals surface area contributed by atoms with Crippen molar-refractivity contribution in [1.82, 2.24) is 5.32 Å². The van der Waals surface area contributed by atoms with Crippen LogP contribution in [0.15, 0.2) is 28.0 Å². The van der Waals surface area contributed by atoms with Gasteiger partial charge in [0.1, 0.15) is 5.76 Å². The summed E-state index contributed by atoms with van der Waals surface area (Å²) in [5.41, 5.74) is 5.56. The number of nitrogens with two attached hydrogens (primary N) is 1. The van der Waals surface area contributed by atoms with Gasteiger partial charge < -0.3 is 20.7 Å². The molecule has 2 unspecified atom stereocenters. The lowest BCUT2D eigenvalue weighted by molar-refractivity contribution is -0.123. The zero-order valence-corrected chi connectivity index (χ0v) is 12.0. The van der Waals surface area contributed by atoms with Gasteiger partial charge in [-0.1, -0.05) is 18.5 Å². The first-order valence-electron chi connectivity index (χ1n) is 6.88. The number of aryl methyl sites for hydroxylation is 1. The number of nitrogens with zero attached hydrogens (tertiary/aromatic N) is 1. The Hall–Kier alpha value is -1.98. The second-order valence-electron chi connectivity index (χ2n) is 4.89. The summed E-state index contributed by atoms with van der Waals surface area (Å²) in [6.07, 6.45) is 4.51. The molecule has 1 aromatic heterocycles. The van der Waals surface area contributed by atoms with Gasteiger partial charge in [0.2, 0.25) is 5.91 Å². The first kappa shape index (κ1) is 16.1. The Bertz CT molecular complexity index is 429. The number of hydrogen-bond acceptors (Lipinski definition) is 4. The number of amidine groups is 1. The number of hydrogen-bond donors (Lipinski definition) is 3. The fourth-order valence-corrected chi connectivity index (χ4v) is 2.00. The molecule has 0 radical (unpaired) electrons. The maximum absolute atomic E-state index is 12.1. The lowest BCUT2D eigenvalue weighted by Crippen LogP contribution is -2.42. The summed E-state index contributed by atoms with van der Waals surface area (Å²) >= 11 is 0. The van der Waals surface area contributed by atoms with Gasteiger partial charge in [0.05, 0.1) is 12.2 Å². The van der Waals surface area contributed by atoms with Crippen molar-refractivity contribution in [1.29, 1.82) is 0 Å². The van der Waals surface area contributed by atoms with E-state index in [0.29, 0.717) is 6.42 Å². The van der Waals surface area contributed by atoms with Gasteiger partial charge in [0.25, 0.3) is 0 Å². The normalized spacial score (nSPS) is 14.8. The summed E-state index contributed by atoms with van der Waals surface area (Å²) in [6, 6.07) is 3.75. The molecule has 2 atom stereocenters. The minimum atomic E-state index is -0.573. The van der Waals surface area contributed by atoms with Gasteiger partial charge in [0.15, 0.2) is 5.84 Å². The lowest BCUT2D eigenvalue weighted by atomic mass is 10.0. The van der Waals surface area contributed by atoms with Crippen molar-refractivity contribution in [2.75, 3.05) is 0 Å². The Balaban J connectivity index is 2.46. The van der Waals surface area contributed by atoms with Gasteiger partial charge in [-0.05, 0) is 31.9 Å². The number of carbonyl (C=O) groups is 1. The van der Waals surface area contributed by atoms with Crippen molar-refractivity contribution < 1.29 is 14.4 Å². The third-order valence-electron chi connectivity index (χ3n) is 3.16. The molecule has 0 aromatic carbocycles. The molecule has 6 heteroatoms. The Morgan fingerprint density at radius 3 is 2.85 bits per heavy atom. The van der Waals surface area contributed by atoms with E-state index in [4.69, 9.17) is 15.4 Å². The summed E-state index contributed by atoms with van der Waals surface area (Å²) in [5.74, 6) is 0.0837. The molecule has 0 aliphatic rings. The third-order valence-corrected chi connectivity index (χ3v) is 3.16. The predicted octanol–water partition coefficient (Wildman–Crippen LogP) is 1.88. The van der Waals surface area contributed by atoms with E-state index in [-0.39, 0.29) is 17.8 Å². The van der Waals surface area contributed by atoms with Gasteiger partial charge in [0, 0.05) is 12.5 Å². The van der Waals surface area contributed by atoms with E-state index in [1.54, 1.807) is 6.26 Å². The van der Waals surface area contributed by atoms with Crippen molar-refractivity contribution in [3.05, 3.63) is 24.2 Å². The highest BCUT2D eigenvalue weighted by Gasteiger charge is 2.23. The van der Waals surface area contributed by atoms with Gasteiger partial charge >= 0.3 is 0 Å². The van der Waals surface area contributed by atoms with Crippen LogP contribution in [0.1, 0.15) is 38.9 Å². The molecule has 1 amide bonds. The van der Waals surface area contributed by atoms with E-state index in [1.807, 2.05) is 26.0 Å². The van der Waals surface area contributed by atoms with E-state index in [9.17, 15) is 4.79 Å². The summed E-state index contributed by atoms with van der Waals surface area (Å²) in [5, 5.41) is 14.5. The molecule has 0 saturated carbocycles. The van der Waals surface area contributed by atoms with Crippen molar-refractivity contribution >= 4 is 11.7 Å². The molecular formula is C14H23N3O3. The van der Waals surface area contributed by atoms with Crippen LogP contribution in [0.25, 0.3) is 0 Å². The van der Waals surface area contributed by atoms with Crippen molar-refractivity contribution in [2.45, 2.75) is 45.6 Å². The monoisotopic (exact) mass is 281 g/mol. The second-order valence-corrected chi connectivity index (χ2v) is 4.89. The summed E-state index contributed by atoms with van der Waals surface area (Å²) in [4.78, 5) is 12.1. The first-order chi connectivity index (χ1) is 9.58. The molecule has 0 saturated heterocycles. The highest BCUT2D eigenvalue weighted by Crippen LogP contribution is 2.09. The van der Waals surface area contributed by atoms with Crippen LogP contribution in [0.5, 0.6) is 0 Å². The van der Waals surface area contributed by atoms with E-state index in [2.05, 4.69) is 10.5 Å². The number of furan rings is 1. The van der Waals surface area contributed by atoms with Crippen molar-refractivity contribution in [3.8, 4) is 0 Å². The molecule has 4 N–H and O–H groups in total. The maximum Gasteiger partial charge on any atom is 0.231 e. The molecular weight excluding hydrogens is 258 g/mol. The number of nitrogens with one attached hydrogen (secondary N) is 1. The molecule has 1 rings (SSSR count). The maximum atomic E-state index is 12.1. The van der Waals surface area contributed by atoms with Crippen LogP contribution in [-0.4, -0.2) is 23.0 Å². The van der Waals surface area contributed by atoms with Gasteiger partial charge in [-0.25, -0.2) is 0 Å². The van der Waals surface area contributed by atoms with Crippen LogP contribution in [0.4, 0.5) is 0 Å². The molecule has 0 aliphatic heterocycles. The second kappa shape index (κ2) is 8.24. The minimum absolute atomic E-state index is 0.00144. The Labute approximate surface area is 119 Å². The third kappa shape index (κ3) is 4.95. The fourth-order valence-electron chi connectivity index (χ4n) is 2.00. The molecule has 20 heavy (non-hydrogen) atoms. The van der Waals surface area contributed by atoms with Gasteiger partial charge in [-0.15, -0.1) is 0 Å². The van der Waals surface area contributed by atoms with Gasteiger partial charge in [-0.3, -0.25) is 4.79 Å². The zero-order chi connectivity index (χ0) is 15.0. The lowest BCUT2D eigenvalue weighted by Gasteiger charge is -2.18. The number of oxime groups is 1. The first-order valence-corrected chi connectivity index (χ1v) is 6.88. The highest BCUT2D eigenvalue weighted by molar-refractivity contribution is 6.02. The van der Waals surface area contributed by atoms with Crippen LogP contribution >= 0.6 is 0 Å². The molecule has 112 valence electrons. The smallest absolute Gasteiger partial charge is 0.231 e.